The maximum Gasteiger partial charge on any atom is 0.239 e. The van der Waals surface area contributed by atoms with Crippen LogP contribution in [0.15, 0.2) is 18.2 Å². The number of hydrogen-bond acceptors (Lipinski definition) is 3. The van der Waals surface area contributed by atoms with Gasteiger partial charge >= 0.3 is 0 Å². The van der Waals surface area contributed by atoms with Crippen LogP contribution in [-0.2, 0) is 4.79 Å². The Bertz CT molecular complexity index is 479. The predicted molar refractivity (Wildman–Crippen MR) is 83.9 cm³/mol. The molecule has 3 N–H and O–H groups in total. The molecule has 0 fully saturated rings. The number of anilines is 1. The molecule has 0 radical (unpaired) electrons. The summed E-state index contributed by atoms with van der Waals surface area (Å²) in [5.41, 5.74) is 7.22. The maximum absolute atomic E-state index is 11.7. The fourth-order valence-corrected chi connectivity index (χ4v) is 2.11. The Morgan fingerprint density at radius 2 is 2.16 bits per heavy atom. The van der Waals surface area contributed by atoms with Crippen LogP contribution in [0.4, 0.5) is 5.69 Å². The van der Waals surface area contributed by atoms with E-state index in [-0.39, 0.29) is 12.5 Å². The zero-order valence-corrected chi connectivity index (χ0v) is 12.6. The Kier molecular flexibility index (Phi) is 6.05. The van der Waals surface area contributed by atoms with E-state index in [2.05, 4.69) is 5.32 Å². The molecule has 0 aliphatic carbocycles. The first-order valence-electron chi connectivity index (χ1n) is 6.10. The third-order valence-electron chi connectivity index (χ3n) is 2.66. The molecule has 6 heteroatoms. The summed E-state index contributed by atoms with van der Waals surface area (Å²) < 4.78 is 0. The second-order valence-electron chi connectivity index (χ2n) is 3.99. The first-order chi connectivity index (χ1) is 8.99. The van der Waals surface area contributed by atoms with Crippen LogP contribution in [0, 0.1) is 0 Å². The van der Waals surface area contributed by atoms with Crippen molar-refractivity contribution in [3.63, 3.8) is 0 Å². The maximum atomic E-state index is 11.7. The van der Waals surface area contributed by atoms with Crippen LogP contribution in [0.1, 0.15) is 19.4 Å². The number of likely N-dealkylation sites (N-methyl/N-ethyl adjacent to an activating group) is 2. The van der Waals surface area contributed by atoms with Crippen molar-refractivity contribution in [3.05, 3.63) is 28.8 Å². The van der Waals surface area contributed by atoms with Crippen molar-refractivity contribution in [3.8, 4) is 0 Å². The second kappa shape index (κ2) is 7.31. The summed E-state index contributed by atoms with van der Waals surface area (Å²) in [6, 6.07) is 5.29. The van der Waals surface area contributed by atoms with Crippen molar-refractivity contribution in [2.24, 2.45) is 5.73 Å². The minimum atomic E-state index is -0.0433. The van der Waals surface area contributed by atoms with Gasteiger partial charge in [0.2, 0.25) is 5.91 Å². The quantitative estimate of drug-likeness (QED) is 0.788. The number of nitrogens with two attached hydrogens (primary N) is 1. The number of rotatable bonds is 6. The molecule has 1 amide bonds. The van der Waals surface area contributed by atoms with Gasteiger partial charge in [-0.3, -0.25) is 4.79 Å². The lowest BCUT2D eigenvalue weighted by Crippen LogP contribution is -2.38. The van der Waals surface area contributed by atoms with Crippen LogP contribution in [0.5, 0.6) is 0 Å². The van der Waals surface area contributed by atoms with Gasteiger partial charge in [0.25, 0.3) is 0 Å². The number of amides is 1. The molecule has 0 saturated heterocycles. The number of halogens is 1. The average molecular weight is 300 g/mol. The van der Waals surface area contributed by atoms with Gasteiger partial charge in [0.05, 0.1) is 6.54 Å². The lowest BCUT2D eigenvalue weighted by molar-refractivity contribution is -0.119. The first-order valence-corrected chi connectivity index (χ1v) is 6.89. The Morgan fingerprint density at radius 1 is 1.47 bits per heavy atom. The molecular weight excluding hydrogens is 282 g/mol. The van der Waals surface area contributed by atoms with E-state index in [0.29, 0.717) is 23.1 Å². The second-order valence-corrected chi connectivity index (χ2v) is 4.87. The summed E-state index contributed by atoms with van der Waals surface area (Å²) in [7, 11) is 0. The Labute approximate surface area is 123 Å². The van der Waals surface area contributed by atoms with Crippen LogP contribution in [0.25, 0.3) is 0 Å². The fraction of sp³-hybridized carbons (Fsp3) is 0.385. The molecule has 0 aliphatic rings. The molecule has 19 heavy (non-hydrogen) atoms. The molecule has 0 atom stereocenters. The summed E-state index contributed by atoms with van der Waals surface area (Å²) in [6.07, 6.45) is 0. The predicted octanol–water partition coefficient (Wildman–Crippen LogP) is 1.94. The van der Waals surface area contributed by atoms with Gasteiger partial charge in [0, 0.05) is 29.4 Å². The Balaban J connectivity index is 3.06. The van der Waals surface area contributed by atoms with Crippen LogP contribution < -0.4 is 16.0 Å². The monoisotopic (exact) mass is 299 g/mol. The first kappa shape index (κ1) is 15.7. The third kappa shape index (κ3) is 4.36. The molecule has 4 nitrogen and oxygen atoms in total. The molecule has 1 aromatic rings. The van der Waals surface area contributed by atoms with Crippen molar-refractivity contribution in [1.82, 2.24) is 5.32 Å². The third-order valence-corrected chi connectivity index (χ3v) is 3.11. The van der Waals surface area contributed by atoms with Gasteiger partial charge in [-0.1, -0.05) is 23.8 Å². The molecule has 0 unspecified atom stereocenters. The number of benzene rings is 1. The van der Waals surface area contributed by atoms with Gasteiger partial charge < -0.3 is 16.0 Å². The molecule has 0 aromatic heterocycles. The van der Waals surface area contributed by atoms with Gasteiger partial charge in [0.1, 0.15) is 4.99 Å². The fourth-order valence-electron chi connectivity index (χ4n) is 1.77. The molecular formula is C13H18ClN3OS. The van der Waals surface area contributed by atoms with Crippen molar-refractivity contribution >= 4 is 40.4 Å². The molecule has 0 spiro atoms. The van der Waals surface area contributed by atoms with E-state index in [1.54, 1.807) is 18.2 Å². The van der Waals surface area contributed by atoms with E-state index in [4.69, 9.17) is 29.6 Å². The number of carbonyl (C=O) groups excluding carboxylic acids is 1. The minimum absolute atomic E-state index is 0.0433. The van der Waals surface area contributed by atoms with Gasteiger partial charge in [0.15, 0.2) is 0 Å². The van der Waals surface area contributed by atoms with Crippen molar-refractivity contribution in [2.45, 2.75) is 13.8 Å². The summed E-state index contributed by atoms with van der Waals surface area (Å²) in [5, 5.41) is 3.35. The molecule has 1 aromatic carbocycles. The largest absolute Gasteiger partial charge is 0.389 e. The summed E-state index contributed by atoms with van der Waals surface area (Å²) in [5.74, 6) is -0.0433. The highest BCUT2D eigenvalue weighted by Crippen LogP contribution is 2.24. The standard InChI is InChI=1S/C13H18ClN3OS/c1-3-16-12(18)8-17(4-2)11-7-9(14)5-6-10(11)13(15)19/h5-7H,3-4,8H2,1-2H3,(H2,15,19)(H,16,18). The number of nitrogens with one attached hydrogen (secondary N) is 1. The SMILES string of the molecule is CCNC(=O)CN(CC)c1cc(Cl)ccc1C(N)=S. The summed E-state index contributed by atoms with van der Waals surface area (Å²) >= 11 is 11.0. The summed E-state index contributed by atoms with van der Waals surface area (Å²) in [4.78, 5) is 13.9. The number of nitrogens with zero attached hydrogens (tertiary/aromatic N) is 1. The van der Waals surface area contributed by atoms with E-state index < -0.39 is 0 Å². The van der Waals surface area contributed by atoms with Gasteiger partial charge in [-0.15, -0.1) is 0 Å². The highest BCUT2D eigenvalue weighted by atomic mass is 35.5. The van der Waals surface area contributed by atoms with Crippen molar-refractivity contribution < 1.29 is 4.79 Å². The molecule has 0 bridgehead atoms. The Hall–Kier alpha value is -1.33. The smallest absolute Gasteiger partial charge is 0.239 e. The zero-order chi connectivity index (χ0) is 14.4. The van der Waals surface area contributed by atoms with Crippen molar-refractivity contribution in [2.75, 3.05) is 24.5 Å². The average Bonchev–Trinajstić information content (AvgIpc) is 2.35. The van der Waals surface area contributed by atoms with Gasteiger partial charge in [-0.05, 0) is 32.0 Å². The normalized spacial score (nSPS) is 10.1. The van der Waals surface area contributed by atoms with E-state index in [9.17, 15) is 4.79 Å². The number of hydrogen-bond donors (Lipinski definition) is 2. The lowest BCUT2D eigenvalue weighted by atomic mass is 10.1. The summed E-state index contributed by atoms with van der Waals surface area (Å²) in [6.45, 7) is 5.36. The molecule has 0 saturated carbocycles. The topological polar surface area (TPSA) is 58.4 Å². The van der Waals surface area contributed by atoms with Gasteiger partial charge in [-0.25, -0.2) is 0 Å². The highest BCUT2D eigenvalue weighted by Gasteiger charge is 2.15. The van der Waals surface area contributed by atoms with Gasteiger partial charge in [-0.2, -0.15) is 0 Å². The molecule has 104 valence electrons. The van der Waals surface area contributed by atoms with E-state index in [1.165, 1.54) is 0 Å². The van der Waals surface area contributed by atoms with E-state index in [0.717, 1.165) is 11.3 Å². The minimum Gasteiger partial charge on any atom is -0.389 e. The van der Waals surface area contributed by atoms with Crippen LogP contribution >= 0.6 is 23.8 Å². The Morgan fingerprint density at radius 3 is 2.68 bits per heavy atom. The highest BCUT2D eigenvalue weighted by molar-refractivity contribution is 7.80. The van der Waals surface area contributed by atoms with Crippen LogP contribution in [0.3, 0.4) is 0 Å². The zero-order valence-electron chi connectivity index (χ0n) is 11.1. The van der Waals surface area contributed by atoms with Crippen LogP contribution in [-0.4, -0.2) is 30.5 Å². The number of carbonyl (C=O) groups is 1. The number of thiocarbonyl (C=S) groups is 1. The molecule has 0 heterocycles. The van der Waals surface area contributed by atoms with Crippen molar-refractivity contribution in [1.29, 1.82) is 0 Å². The molecule has 0 aliphatic heterocycles. The molecule has 1 rings (SSSR count). The van der Waals surface area contributed by atoms with E-state index >= 15 is 0 Å². The van der Waals surface area contributed by atoms with E-state index in [1.807, 2.05) is 18.7 Å². The van der Waals surface area contributed by atoms with Crippen LogP contribution in [0.2, 0.25) is 5.02 Å². The lowest BCUT2D eigenvalue weighted by Gasteiger charge is -2.25.